The van der Waals surface area contributed by atoms with Crippen LogP contribution in [-0.2, 0) is 0 Å². The van der Waals surface area contributed by atoms with E-state index in [-0.39, 0.29) is 11.9 Å². The topological polar surface area (TPSA) is 83.3 Å². The molecule has 0 bridgehead atoms. The predicted molar refractivity (Wildman–Crippen MR) is 90.0 cm³/mol. The zero-order chi connectivity index (χ0) is 15.8. The summed E-state index contributed by atoms with van der Waals surface area (Å²) in [6, 6.07) is 0.0762. The van der Waals surface area contributed by atoms with E-state index in [0.717, 1.165) is 37.6 Å². The van der Waals surface area contributed by atoms with Gasteiger partial charge in [0.2, 0.25) is 0 Å². The molecule has 1 aromatic rings. The molecule has 0 aromatic carbocycles. The summed E-state index contributed by atoms with van der Waals surface area (Å²) in [6.07, 6.45) is 1.02. The van der Waals surface area contributed by atoms with E-state index < -0.39 is 0 Å². The molecule has 6 nitrogen and oxygen atoms in total. The number of hydrogen-bond donors (Lipinski definition) is 3. The van der Waals surface area contributed by atoms with Crippen molar-refractivity contribution in [2.75, 3.05) is 37.2 Å². The van der Waals surface area contributed by atoms with Crippen molar-refractivity contribution in [2.45, 2.75) is 40.2 Å². The molecular weight excluding hydrogens is 286 g/mol. The van der Waals surface area contributed by atoms with Gasteiger partial charge in [-0.3, -0.25) is 4.79 Å². The Morgan fingerprint density at radius 1 is 1.38 bits per heavy atom. The number of aromatic nitrogens is 1. The van der Waals surface area contributed by atoms with Gasteiger partial charge in [0.25, 0.3) is 5.91 Å². The molecular formula is C14H27N5OS. The fraction of sp³-hybridized carbons (Fsp3) is 0.714. The number of nitrogens with zero attached hydrogens (tertiary/aromatic N) is 2. The Morgan fingerprint density at radius 2 is 2.05 bits per heavy atom. The number of anilines is 2. The van der Waals surface area contributed by atoms with Crippen molar-refractivity contribution in [1.82, 2.24) is 14.6 Å². The Morgan fingerprint density at radius 3 is 2.62 bits per heavy atom. The van der Waals surface area contributed by atoms with Gasteiger partial charge in [-0.15, -0.1) is 0 Å². The average molecular weight is 313 g/mol. The van der Waals surface area contributed by atoms with Crippen LogP contribution in [-0.4, -0.2) is 47.4 Å². The molecule has 0 atom stereocenters. The minimum Gasteiger partial charge on any atom is -0.382 e. The van der Waals surface area contributed by atoms with Gasteiger partial charge in [0, 0.05) is 12.6 Å². The first-order valence-electron chi connectivity index (χ1n) is 7.51. The molecule has 7 heteroatoms. The van der Waals surface area contributed by atoms with Crippen LogP contribution in [0.1, 0.15) is 44.5 Å². The van der Waals surface area contributed by atoms with E-state index in [1.165, 1.54) is 11.5 Å². The smallest absolute Gasteiger partial charge is 0.258 e. The number of nitrogens with two attached hydrogens (primary N) is 1. The first-order chi connectivity index (χ1) is 9.99. The molecule has 0 saturated heterocycles. The van der Waals surface area contributed by atoms with Crippen LogP contribution in [0.25, 0.3) is 0 Å². The Balaban J connectivity index is 2.54. The number of hydrogen-bond acceptors (Lipinski definition) is 6. The Hall–Kier alpha value is -1.34. The fourth-order valence-electron chi connectivity index (χ4n) is 2.02. The van der Waals surface area contributed by atoms with Crippen LogP contribution < -0.4 is 16.4 Å². The second-order valence-corrected chi connectivity index (χ2v) is 5.98. The van der Waals surface area contributed by atoms with E-state index in [9.17, 15) is 4.79 Å². The zero-order valence-electron chi connectivity index (χ0n) is 13.4. The van der Waals surface area contributed by atoms with Crippen LogP contribution in [0.15, 0.2) is 0 Å². The first kappa shape index (κ1) is 17.7. The van der Waals surface area contributed by atoms with Gasteiger partial charge in [0.05, 0.1) is 0 Å². The Kier molecular flexibility index (Phi) is 7.45. The highest BCUT2D eigenvalue weighted by Gasteiger charge is 2.19. The number of amides is 1. The summed E-state index contributed by atoms with van der Waals surface area (Å²) < 4.78 is 4.08. The van der Waals surface area contributed by atoms with Crippen LogP contribution in [0.2, 0.25) is 0 Å². The van der Waals surface area contributed by atoms with E-state index in [1.54, 1.807) is 0 Å². The van der Waals surface area contributed by atoms with Crippen molar-refractivity contribution >= 4 is 28.3 Å². The standard InChI is InChI=1S/C14H27N5OS/c1-5-19(6-2)9-7-8-16-14-11(12(15)18-21-14)13(20)17-10(3)4/h10,16H,5-9H2,1-4H3,(H2,15,18)(H,17,20). The Bertz CT molecular complexity index is 443. The van der Waals surface area contributed by atoms with Crippen LogP contribution >= 0.6 is 11.5 Å². The minimum absolute atomic E-state index is 0.0762. The highest BCUT2D eigenvalue weighted by Crippen LogP contribution is 2.26. The molecule has 1 heterocycles. The maximum absolute atomic E-state index is 12.1. The van der Waals surface area contributed by atoms with Crippen molar-refractivity contribution < 1.29 is 4.79 Å². The summed E-state index contributed by atoms with van der Waals surface area (Å²) in [7, 11) is 0. The van der Waals surface area contributed by atoms with Gasteiger partial charge in [0.15, 0.2) is 5.82 Å². The molecule has 1 aromatic heterocycles. The molecule has 21 heavy (non-hydrogen) atoms. The monoisotopic (exact) mass is 313 g/mol. The van der Waals surface area contributed by atoms with Crippen molar-refractivity contribution in [3.8, 4) is 0 Å². The number of nitrogens with one attached hydrogen (secondary N) is 2. The molecule has 4 N–H and O–H groups in total. The molecule has 0 aliphatic carbocycles. The quantitative estimate of drug-likeness (QED) is 0.607. The fourth-order valence-corrected chi connectivity index (χ4v) is 2.76. The van der Waals surface area contributed by atoms with Crippen molar-refractivity contribution in [2.24, 2.45) is 0 Å². The van der Waals surface area contributed by atoms with Gasteiger partial charge < -0.3 is 21.3 Å². The second-order valence-electron chi connectivity index (χ2n) is 5.21. The molecule has 0 spiro atoms. The maximum atomic E-state index is 12.1. The van der Waals surface area contributed by atoms with E-state index in [2.05, 4.69) is 33.8 Å². The number of nitrogen functional groups attached to an aromatic ring is 1. The van der Waals surface area contributed by atoms with Crippen LogP contribution in [0, 0.1) is 0 Å². The largest absolute Gasteiger partial charge is 0.382 e. The van der Waals surface area contributed by atoms with E-state index >= 15 is 0 Å². The summed E-state index contributed by atoms with van der Waals surface area (Å²) in [5, 5.41) is 6.89. The normalized spacial score (nSPS) is 11.1. The van der Waals surface area contributed by atoms with Gasteiger partial charge in [0.1, 0.15) is 10.6 Å². The van der Waals surface area contributed by atoms with E-state index in [4.69, 9.17) is 5.73 Å². The lowest BCUT2D eigenvalue weighted by molar-refractivity contribution is 0.0945. The van der Waals surface area contributed by atoms with Gasteiger partial charge in [-0.2, -0.15) is 4.37 Å². The number of rotatable bonds is 9. The lowest BCUT2D eigenvalue weighted by Crippen LogP contribution is -2.31. The average Bonchev–Trinajstić information content (AvgIpc) is 2.79. The molecule has 0 radical (unpaired) electrons. The van der Waals surface area contributed by atoms with E-state index in [0.29, 0.717) is 11.4 Å². The number of carbonyl (C=O) groups is 1. The van der Waals surface area contributed by atoms with Gasteiger partial charge in [-0.1, -0.05) is 13.8 Å². The molecule has 0 fully saturated rings. The molecule has 0 saturated carbocycles. The maximum Gasteiger partial charge on any atom is 0.258 e. The van der Waals surface area contributed by atoms with Crippen molar-refractivity contribution in [3.63, 3.8) is 0 Å². The van der Waals surface area contributed by atoms with Crippen molar-refractivity contribution in [3.05, 3.63) is 5.56 Å². The summed E-state index contributed by atoms with van der Waals surface area (Å²) in [5.74, 6) is 0.131. The van der Waals surface area contributed by atoms with Crippen LogP contribution in [0.4, 0.5) is 10.8 Å². The van der Waals surface area contributed by atoms with Crippen LogP contribution in [0.5, 0.6) is 0 Å². The predicted octanol–water partition coefficient (Wildman–Crippen LogP) is 2.01. The first-order valence-corrected chi connectivity index (χ1v) is 8.29. The summed E-state index contributed by atoms with van der Waals surface area (Å²) in [4.78, 5) is 14.5. The molecule has 1 rings (SSSR count). The third-order valence-corrected chi connectivity index (χ3v) is 4.02. The summed E-state index contributed by atoms with van der Waals surface area (Å²) in [5.41, 5.74) is 6.27. The van der Waals surface area contributed by atoms with Gasteiger partial charge >= 0.3 is 0 Å². The molecule has 120 valence electrons. The van der Waals surface area contributed by atoms with Gasteiger partial charge in [-0.25, -0.2) is 0 Å². The molecule has 0 aliphatic heterocycles. The lowest BCUT2D eigenvalue weighted by atomic mass is 10.2. The third kappa shape index (κ3) is 5.51. The summed E-state index contributed by atoms with van der Waals surface area (Å²) >= 11 is 1.24. The second kappa shape index (κ2) is 8.84. The SMILES string of the molecule is CCN(CC)CCCNc1snc(N)c1C(=O)NC(C)C. The molecule has 0 aliphatic rings. The summed E-state index contributed by atoms with van der Waals surface area (Å²) in [6.45, 7) is 12.1. The lowest BCUT2D eigenvalue weighted by Gasteiger charge is -2.17. The zero-order valence-corrected chi connectivity index (χ0v) is 14.2. The Labute approximate surface area is 131 Å². The van der Waals surface area contributed by atoms with Crippen molar-refractivity contribution in [1.29, 1.82) is 0 Å². The number of carbonyl (C=O) groups excluding carboxylic acids is 1. The van der Waals surface area contributed by atoms with Crippen LogP contribution in [0.3, 0.4) is 0 Å². The van der Waals surface area contributed by atoms with Gasteiger partial charge in [-0.05, 0) is 51.4 Å². The highest BCUT2D eigenvalue weighted by molar-refractivity contribution is 7.11. The minimum atomic E-state index is -0.164. The van der Waals surface area contributed by atoms with E-state index in [1.807, 2.05) is 13.8 Å². The third-order valence-electron chi connectivity index (χ3n) is 3.20. The molecule has 0 unspecified atom stereocenters. The molecule has 1 amide bonds. The highest BCUT2D eigenvalue weighted by atomic mass is 32.1.